The maximum Gasteiger partial charge on any atom is 0.220 e. The van der Waals surface area contributed by atoms with E-state index in [4.69, 9.17) is 4.74 Å². The summed E-state index contributed by atoms with van der Waals surface area (Å²) < 4.78 is 5.77. The average molecular weight is 329 g/mol. The molecule has 130 valence electrons. The van der Waals surface area contributed by atoms with E-state index >= 15 is 0 Å². The first-order valence-corrected chi connectivity index (χ1v) is 8.32. The normalized spacial score (nSPS) is 23.4. The number of benzene rings is 1. The van der Waals surface area contributed by atoms with Gasteiger partial charge in [-0.15, -0.1) is 0 Å². The Morgan fingerprint density at radius 2 is 1.92 bits per heavy atom. The van der Waals surface area contributed by atoms with E-state index in [0.29, 0.717) is 18.5 Å². The van der Waals surface area contributed by atoms with Crippen molar-refractivity contribution in [3.8, 4) is 0 Å². The number of hydrogen-bond acceptors (Lipinski definition) is 3. The molecule has 2 rings (SSSR count). The Morgan fingerprint density at radius 3 is 2.46 bits per heavy atom. The second-order valence-corrected chi connectivity index (χ2v) is 7.22. The van der Waals surface area contributed by atoms with Gasteiger partial charge in [-0.3, -0.25) is 9.59 Å². The van der Waals surface area contributed by atoms with Gasteiger partial charge in [-0.1, -0.05) is 50.3 Å². The Morgan fingerprint density at radius 1 is 1.29 bits per heavy atom. The molecular weight excluding hydrogens is 302 g/mol. The summed E-state index contributed by atoms with van der Waals surface area (Å²) >= 11 is 0. The summed E-state index contributed by atoms with van der Waals surface area (Å²) in [6.45, 7) is 7.94. The van der Waals surface area contributed by atoms with E-state index in [-0.39, 0.29) is 29.3 Å². The van der Waals surface area contributed by atoms with Crippen molar-refractivity contribution >= 4 is 11.7 Å². The molecule has 0 N–H and O–H groups in total. The zero-order valence-electron chi connectivity index (χ0n) is 15.2. The van der Waals surface area contributed by atoms with Crippen LogP contribution in [0.15, 0.2) is 42.0 Å². The number of ether oxygens (including phenoxy) is 1. The summed E-state index contributed by atoms with van der Waals surface area (Å²) in [5.74, 6) is 0.0906. The zero-order valence-corrected chi connectivity index (χ0v) is 15.2. The second kappa shape index (κ2) is 7.31. The van der Waals surface area contributed by atoms with E-state index < -0.39 is 0 Å². The number of rotatable bonds is 4. The van der Waals surface area contributed by atoms with Gasteiger partial charge >= 0.3 is 0 Å². The molecule has 0 saturated heterocycles. The molecule has 1 aromatic rings. The highest BCUT2D eigenvalue weighted by atomic mass is 16.5. The summed E-state index contributed by atoms with van der Waals surface area (Å²) in [4.78, 5) is 26.5. The van der Waals surface area contributed by atoms with Crippen molar-refractivity contribution in [3.05, 3.63) is 47.5 Å². The van der Waals surface area contributed by atoms with Crippen LogP contribution < -0.4 is 0 Å². The summed E-state index contributed by atoms with van der Waals surface area (Å²) in [6, 6.07) is 9.61. The quantitative estimate of drug-likeness (QED) is 0.851. The van der Waals surface area contributed by atoms with Crippen molar-refractivity contribution in [1.29, 1.82) is 0 Å². The third-order valence-corrected chi connectivity index (χ3v) is 4.77. The third kappa shape index (κ3) is 3.93. The lowest BCUT2D eigenvalue weighted by Gasteiger charge is -2.40. The average Bonchev–Trinajstić information content (AvgIpc) is 2.59. The van der Waals surface area contributed by atoms with E-state index in [9.17, 15) is 9.59 Å². The molecule has 0 spiro atoms. The van der Waals surface area contributed by atoms with Gasteiger partial charge in [-0.25, -0.2) is 0 Å². The van der Waals surface area contributed by atoms with Crippen LogP contribution in [0.1, 0.15) is 39.7 Å². The maximum atomic E-state index is 12.4. The smallest absolute Gasteiger partial charge is 0.220 e. The van der Waals surface area contributed by atoms with Gasteiger partial charge in [0.1, 0.15) is 0 Å². The molecule has 0 saturated carbocycles. The highest BCUT2D eigenvalue weighted by Crippen LogP contribution is 2.36. The second-order valence-electron chi connectivity index (χ2n) is 7.22. The number of methoxy groups -OCH3 is 1. The van der Waals surface area contributed by atoms with Crippen LogP contribution in [-0.2, 0) is 20.9 Å². The SMILES string of the molecule is COC1C(N(Cc2ccccc2)C(C)=O)C=C(C)C(=O)CC1(C)C. The number of hydrogen-bond donors (Lipinski definition) is 0. The molecule has 1 aliphatic rings. The van der Waals surface area contributed by atoms with Gasteiger partial charge in [-0.05, 0) is 18.1 Å². The fraction of sp³-hybridized carbons (Fsp3) is 0.500. The molecule has 1 aliphatic carbocycles. The van der Waals surface area contributed by atoms with E-state index in [1.807, 2.05) is 57.2 Å². The lowest BCUT2D eigenvalue weighted by atomic mass is 9.79. The number of nitrogens with zero attached hydrogens (tertiary/aromatic N) is 1. The monoisotopic (exact) mass is 329 g/mol. The number of Topliss-reactive ketones (excluding diaryl/α,β-unsaturated/α-hetero) is 1. The number of carbonyl (C=O) groups is 2. The highest BCUT2D eigenvalue weighted by molar-refractivity contribution is 5.95. The van der Waals surface area contributed by atoms with Gasteiger partial charge in [0, 0.05) is 32.4 Å². The predicted octanol–water partition coefficient (Wildman–Crippen LogP) is 3.36. The van der Waals surface area contributed by atoms with Crippen LogP contribution in [0.5, 0.6) is 0 Å². The molecule has 0 fully saturated rings. The Balaban J connectivity index is 2.44. The zero-order chi connectivity index (χ0) is 17.9. The van der Waals surface area contributed by atoms with Gasteiger partial charge in [0.05, 0.1) is 12.1 Å². The van der Waals surface area contributed by atoms with E-state index in [2.05, 4.69) is 0 Å². The highest BCUT2D eigenvalue weighted by Gasteiger charge is 2.42. The molecule has 0 radical (unpaired) electrons. The lowest BCUT2D eigenvalue weighted by Crippen LogP contribution is -2.50. The summed E-state index contributed by atoms with van der Waals surface area (Å²) in [7, 11) is 1.65. The Bertz CT molecular complexity index is 634. The summed E-state index contributed by atoms with van der Waals surface area (Å²) in [6.07, 6.45) is 2.07. The first-order chi connectivity index (χ1) is 11.3. The molecule has 1 aromatic carbocycles. The van der Waals surface area contributed by atoms with Crippen molar-refractivity contribution in [3.63, 3.8) is 0 Å². The topological polar surface area (TPSA) is 46.6 Å². The molecule has 4 nitrogen and oxygen atoms in total. The summed E-state index contributed by atoms with van der Waals surface area (Å²) in [5.41, 5.74) is 1.41. The van der Waals surface area contributed by atoms with E-state index in [1.54, 1.807) is 18.9 Å². The van der Waals surface area contributed by atoms with E-state index in [1.165, 1.54) is 0 Å². The molecule has 0 aliphatic heterocycles. The molecule has 2 unspecified atom stereocenters. The van der Waals surface area contributed by atoms with Crippen LogP contribution in [0.25, 0.3) is 0 Å². The van der Waals surface area contributed by atoms with Gasteiger partial charge in [-0.2, -0.15) is 0 Å². The van der Waals surface area contributed by atoms with Crippen molar-refractivity contribution in [2.24, 2.45) is 5.41 Å². The van der Waals surface area contributed by atoms with Crippen LogP contribution in [0.2, 0.25) is 0 Å². The molecule has 0 heterocycles. The first-order valence-electron chi connectivity index (χ1n) is 8.32. The minimum Gasteiger partial charge on any atom is -0.378 e. The Kier molecular flexibility index (Phi) is 5.60. The van der Waals surface area contributed by atoms with Gasteiger partial charge in [0.25, 0.3) is 0 Å². The Labute approximate surface area is 144 Å². The minimum absolute atomic E-state index is 0.0277. The van der Waals surface area contributed by atoms with Crippen LogP contribution in [0.3, 0.4) is 0 Å². The van der Waals surface area contributed by atoms with Gasteiger partial charge in [0.15, 0.2) is 5.78 Å². The number of amides is 1. The molecule has 0 aromatic heterocycles. The van der Waals surface area contributed by atoms with Crippen LogP contribution >= 0.6 is 0 Å². The Hall–Kier alpha value is -1.94. The predicted molar refractivity (Wildman–Crippen MR) is 94.4 cm³/mol. The molecule has 0 bridgehead atoms. The van der Waals surface area contributed by atoms with Crippen LogP contribution in [0, 0.1) is 5.41 Å². The first kappa shape index (κ1) is 18.4. The minimum atomic E-state index is -0.352. The fourth-order valence-corrected chi connectivity index (χ4v) is 3.47. The van der Waals surface area contributed by atoms with Crippen molar-refractivity contribution in [2.45, 2.75) is 52.8 Å². The van der Waals surface area contributed by atoms with Crippen molar-refractivity contribution < 1.29 is 14.3 Å². The van der Waals surface area contributed by atoms with Crippen LogP contribution in [-0.4, -0.2) is 35.8 Å². The van der Waals surface area contributed by atoms with Crippen molar-refractivity contribution in [2.75, 3.05) is 7.11 Å². The van der Waals surface area contributed by atoms with Crippen LogP contribution in [0.4, 0.5) is 0 Å². The molecular formula is C20H27NO3. The molecule has 24 heavy (non-hydrogen) atoms. The lowest BCUT2D eigenvalue weighted by molar-refractivity contribution is -0.136. The molecule has 1 amide bonds. The molecule has 4 heteroatoms. The largest absolute Gasteiger partial charge is 0.378 e. The fourth-order valence-electron chi connectivity index (χ4n) is 3.47. The number of carbonyl (C=O) groups excluding carboxylic acids is 2. The summed E-state index contributed by atoms with van der Waals surface area (Å²) in [5, 5.41) is 0. The standard InChI is InChI=1S/C20H27NO3/c1-14-11-17(19(24-5)20(3,4)12-18(14)23)21(15(2)22)13-16-9-7-6-8-10-16/h6-11,17,19H,12-13H2,1-5H3. The van der Waals surface area contributed by atoms with Gasteiger partial charge in [0.2, 0.25) is 5.91 Å². The molecule has 2 atom stereocenters. The van der Waals surface area contributed by atoms with Gasteiger partial charge < -0.3 is 9.64 Å². The maximum absolute atomic E-state index is 12.4. The number of ketones is 1. The third-order valence-electron chi connectivity index (χ3n) is 4.77. The number of allylic oxidation sites excluding steroid dienone is 1. The van der Waals surface area contributed by atoms with E-state index in [0.717, 1.165) is 5.56 Å². The van der Waals surface area contributed by atoms with Crippen molar-refractivity contribution in [1.82, 2.24) is 4.90 Å².